The average molecular weight is 299 g/mol. The van der Waals surface area contributed by atoms with E-state index >= 15 is 0 Å². The molecule has 0 aliphatic carbocycles. The van der Waals surface area contributed by atoms with Crippen molar-refractivity contribution in [1.29, 1.82) is 0 Å². The predicted octanol–water partition coefficient (Wildman–Crippen LogP) is 4.37. The highest BCUT2D eigenvalue weighted by molar-refractivity contribution is 5.83. The Morgan fingerprint density at radius 3 is 2.32 bits per heavy atom. The summed E-state index contributed by atoms with van der Waals surface area (Å²) < 4.78 is 13.0. The highest BCUT2D eigenvalue weighted by atomic mass is 19.1. The van der Waals surface area contributed by atoms with E-state index in [1.807, 2.05) is 30.3 Å². The Balaban J connectivity index is 2.11. The molecular weight excluding hydrogens is 277 g/mol. The van der Waals surface area contributed by atoms with Crippen molar-refractivity contribution in [3.63, 3.8) is 0 Å². The minimum atomic E-state index is -0.258. The van der Waals surface area contributed by atoms with Crippen molar-refractivity contribution in [3.05, 3.63) is 71.5 Å². The van der Waals surface area contributed by atoms with Crippen molar-refractivity contribution in [2.75, 3.05) is 7.05 Å². The van der Waals surface area contributed by atoms with Crippen molar-refractivity contribution in [2.24, 2.45) is 0 Å². The van der Waals surface area contributed by atoms with Crippen LogP contribution in [-0.4, -0.2) is 17.9 Å². The van der Waals surface area contributed by atoms with E-state index in [0.29, 0.717) is 6.54 Å². The smallest absolute Gasteiger partial charge is 0.230 e. The molecule has 3 heteroatoms. The number of hydrogen-bond acceptors (Lipinski definition) is 1. The maximum Gasteiger partial charge on any atom is 0.230 e. The van der Waals surface area contributed by atoms with Crippen LogP contribution in [0.5, 0.6) is 0 Å². The third-order valence-corrected chi connectivity index (χ3v) is 3.79. The van der Waals surface area contributed by atoms with E-state index in [4.69, 9.17) is 0 Å². The number of carbonyl (C=O) groups is 1. The fourth-order valence-electron chi connectivity index (χ4n) is 2.61. The third-order valence-electron chi connectivity index (χ3n) is 3.79. The van der Waals surface area contributed by atoms with Gasteiger partial charge in [-0.3, -0.25) is 4.79 Å². The van der Waals surface area contributed by atoms with Gasteiger partial charge in [0.1, 0.15) is 5.82 Å². The van der Waals surface area contributed by atoms with Gasteiger partial charge >= 0.3 is 0 Å². The number of halogens is 1. The fraction of sp³-hybridized carbons (Fsp3) is 0.316. The normalized spacial score (nSPS) is 12.0. The highest BCUT2D eigenvalue weighted by Crippen LogP contribution is 2.24. The molecule has 0 heterocycles. The zero-order chi connectivity index (χ0) is 15.9. The van der Waals surface area contributed by atoms with Crippen LogP contribution in [0.2, 0.25) is 0 Å². The molecule has 0 N–H and O–H groups in total. The summed E-state index contributed by atoms with van der Waals surface area (Å²) in [6.07, 6.45) is 1.78. The monoisotopic (exact) mass is 299 g/mol. The van der Waals surface area contributed by atoms with Crippen molar-refractivity contribution >= 4 is 5.91 Å². The van der Waals surface area contributed by atoms with Crippen molar-refractivity contribution < 1.29 is 9.18 Å². The number of nitrogens with zero attached hydrogens (tertiary/aromatic N) is 1. The van der Waals surface area contributed by atoms with Crippen LogP contribution in [0.15, 0.2) is 54.6 Å². The number of rotatable bonds is 6. The van der Waals surface area contributed by atoms with Crippen LogP contribution in [0, 0.1) is 5.82 Å². The molecule has 0 radical (unpaired) electrons. The summed E-state index contributed by atoms with van der Waals surface area (Å²) in [5.74, 6) is -0.264. The van der Waals surface area contributed by atoms with Gasteiger partial charge < -0.3 is 4.90 Å². The lowest BCUT2D eigenvalue weighted by atomic mass is 9.93. The summed E-state index contributed by atoms with van der Waals surface area (Å²) in [4.78, 5) is 14.5. The van der Waals surface area contributed by atoms with E-state index in [2.05, 4.69) is 6.92 Å². The lowest BCUT2D eigenvalue weighted by Gasteiger charge is -2.24. The standard InChI is InChI=1S/C19H22FNO/c1-3-7-18(16-8-5-4-6-9-16)19(22)21(2)14-15-10-12-17(20)13-11-15/h4-6,8-13,18H,3,7,14H2,1-2H3. The lowest BCUT2D eigenvalue weighted by Crippen LogP contribution is -2.31. The Morgan fingerprint density at radius 2 is 1.73 bits per heavy atom. The first kappa shape index (κ1) is 16.2. The molecule has 2 rings (SSSR count). The van der Waals surface area contributed by atoms with Crippen LogP contribution in [0.1, 0.15) is 36.8 Å². The number of likely N-dealkylation sites (N-methyl/N-ethyl adjacent to an activating group) is 1. The first-order valence-electron chi connectivity index (χ1n) is 7.66. The van der Waals surface area contributed by atoms with Gasteiger partial charge in [-0.1, -0.05) is 55.8 Å². The maximum atomic E-state index is 13.0. The summed E-state index contributed by atoms with van der Waals surface area (Å²) in [6.45, 7) is 2.58. The van der Waals surface area contributed by atoms with E-state index in [-0.39, 0.29) is 17.6 Å². The molecule has 1 atom stereocenters. The molecule has 0 aliphatic rings. The van der Waals surface area contributed by atoms with Gasteiger partial charge in [0.2, 0.25) is 5.91 Å². The Labute approximate surface area is 131 Å². The molecule has 0 spiro atoms. The second-order valence-electron chi connectivity index (χ2n) is 5.57. The van der Waals surface area contributed by atoms with Crippen molar-refractivity contribution in [1.82, 2.24) is 4.90 Å². The van der Waals surface area contributed by atoms with Crippen LogP contribution < -0.4 is 0 Å². The van der Waals surface area contributed by atoms with Gasteiger partial charge in [-0.15, -0.1) is 0 Å². The second-order valence-corrected chi connectivity index (χ2v) is 5.57. The molecule has 0 aliphatic heterocycles. The third kappa shape index (κ3) is 4.17. The molecule has 0 aromatic heterocycles. The number of carbonyl (C=O) groups excluding carboxylic acids is 1. The van der Waals surface area contributed by atoms with E-state index < -0.39 is 0 Å². The first-order chi connectivity index (χ1) is 10.6. The topological polar surface area (TPSA) is 20.3 Å². The zero-order valence-corrected chi connectivity index (χ0v) is 13.1. The van der Waals surface area contributed by atoms with Crippen molar-refractivity contribution in [3.8, 4) is 0 Å². The van der Waals surface area contributed by atoms with E-state index in [9.17, 15) is 9.18 Å². The minimum absolute atomic E-state index is 0.109. The van der Waals surface area contributed by atoms with Crippen LogP contribution in [0.3, 0.4) is 0 Å². The zero-order valence-electron chi connectivity index (χ0n) is 13.1. The fourth-order valence-corrected chi connectivity index (χ4v) is 2.61. The molecule has 0 saturated heterocycles. The molecule has 2 aromatic carbocycles. The summed E-state index contributed by atoms with van der Waals surface area (Å²) in [6, 6.07) is 16.2. The number of amides is 1. The quantitative estimate of drug-likeness (QED) is 0.775. The van der Waals surface area contributed by atoms with Gasteiger partial charge in [0.25, 0.3) is 0 Å². The summed E-state index contributed by atoms with van der Waals surface area (Å²) >= 11 is 0. The molecule has 2 aromatic rings. The summed E-state index contributed by atoms with van der Waals surface area (Å²) in [5.41, 5.74) is 1.99. The molecular formula is C19H22FNO. The Morgan fingerprint density at radius 1 is 1.09 bits per heavy atom. The number of benzene rings is 2. The minimum Gasteiger partial charge on any atom is -0.341 e. The van der Waals surface area contributed by atoms with Crippen molar-refractivity contribution in [2.45, 2.75) is 32.2 Å². The second kappa shape index (κ2) is 7.74. The Kier molecular flexibility index (Phi) is 5.70. The molecule has 22 heavy (non-hydrogen) atoms. The molecule has 0 saturated carbocycles. The SMILES string of the molecule is CCCC(C(=O)N(C)Cc1ccc(F)cc1)c1ccccc1. The molecule has 0 bridgehead atoms. The maximum absolute atomic E-state index is 13.0. The molecule has 0 fully saturated rings. The Hall–Kier alpha value is -2.16. The van der Waals surface area contributed by atoms with Crippen LogP contribution in [0.4, 0.5) is 4.39 Å². The van der Waals surface area contributed by atoms with Gasteiger partial charge in [-0.25, -0.2) is 4.39 Å². The van der Waals surface area contributed by atoms with E-state index in [1.165, 1.54) is 12.1 Å². The van der Waals surface area contributed by atoms with Crippen LogP contribution in [-0.2, 0) is 11.3 Å². The lowest BCUT2D eigenvalue weighted by molar-refractivity contribution is -0.132. The molecule has 2 nitrogen and oxygen atoms in total. The van der Waals surface area contributed by atoms with Crippen LogP contribution >= 0.6 is 0 Å². The first-order valence-corrected chi connectivity index (χ1v) is 7.66. The van der Waals surface area contributed by atoms with Gasteiger partial charge in [-0.2, -0.15) is 0 Å². The summed E-state index contributed by atoms with van der Waals surface area (Å²) in [5, 5.41) is 0. The number of hydrogen-bond donors (Lipinski definition) is 0. The Bertz CT molecular complexity index is 595. The van der Waals surface area contributed by atoms with E-state index in [0.717, 1.165) is 24.0 Å². The molecule has 1 amide bonds. The van der Waals surface area contributed by atoms with Gasteiger partial charge in [0.15, 0.2) is 0 Å². The van der Waals surface area contributed by atoms with Gasteiger partial charge in [-0.05, 0) is 29.7 Å². The molecule has 1 unspecified atom stereocenters. The predicted molar refractivity (Wildman–Crippen MR) is 87.0 cm³/mol. The van der Waals surface area contributed by atoms with E-state index in [1.54, 1.807) is 24.1 Å². The largest absolute Gasteiger partial charge is 0.341 e. The summed E-state index contributed by atoms with van der Waals surface area (Å²) in [7, 11) is 1.80. The van der Waals surface area contributed by atoms with Gasteiger partial charge in [0, 0.05) is 13.6 Å². The molecule has 116 valence electrons. The average Bonchev–Trinajstić information content (AvgIpc) is 2.55. The highest BCUT2D eigenvalue weighted by Gasteiger charge is 2.22. The van der Waals surface area contributed by atoms with Crippen LogP contribution in [0.25, 0.3) is 0 Å². The van der Waals surface area contributed by atoms with Gasteiger partial charge in [0.05, 0.1) is 5.92 Å².